The molecule has 0 radical (unpaired) electrons. The predicted molar refractivity (Wildman–Crippen MR) is 114 cm³/mol. The zero-order valence-corrected chi connectivity index (χ0v) is 17.1. The normalized spacial score (nSPS) is 13.9. The molecule has 154 valence electrons. The molecule has 0 saturated carbocycles. The summed E-state index contributed by atoms with van der Waals surface area (Å²) in [6, 6.07) is 15.7. The fraction of sp³-hybridized carbons (Fsp3) is 0.227. The van der Waals surface area contributed by atoms with E-state index in [0.717, 1.165) is 16.3 Å². The van der Waals surface area contributed by atoms with Gasteiger partial charge in [0.15, 0.2) is 0 Å². The van der Waals surface area contributed by atoms with Crippen LogP contribution in [-0.2, 0) is 6.54 Å². The van der Waals surface area contributed by atoms with E-state index in [2.05, 4.69) is 10.3 Å². The van der Waals surface area contributed by atoms with Gasteiger partial charge in [0.05, 0.1) is 17.8 Å². The number of amides is 3. The van der Waals surface area contributed by atoms with Gasteiger partial charge in [0.2, 0.25) is 0 Å². The highest BCUT2D eigenvalue weighted by Crippen LogP contribution is 2.23. The molecule has 1 saturated heterocycles. The third-order valence-electron chi connectivity index (χ3n) is 4.95. The third kappa shape index (κ3) is 4.49. The highest BCUT2D eigenvalue weighted by Gasteiger charge is 2.26. The largest absolute Gasteiger partial charge is 0.335 e. The number of rotatable bonds is 4. The first-order valence-corrected chi connectivity index (χ1v) is 10.6. The van der Waals surface area contributed by atoms with E-state index < -0.39 is 5.82 Å². The Morgan fingerprint density at radius 3 is 2.37 bits per heavy atom. The van der Waals surface area contributed by atoms with E-state index in [1.807, 2.05) is 35.7 Å². The molecule has 0 spiro atoms. The van der Waals surface area contributed by atoms with Gasteiger partial charge in [0, 0.05) is 37.1 Å². The van der Waals surface area contributed by atoms with Crippen molar-refractivity contribution in [2.75, 3.05) is 26.2 Å². The number of halogens is 1. The summed E-state index contributed by atoms with van der Waals surface area (Å²) in [6.07, 6.45) is 0. The fourth-order valence-corrected chi connectivity index (χ4v) is 4.12. The van der Waals surface area contributed by atoms with Gasteiger partial charge in [-0.3, -0.25) is 4.79 Å². The van der Waals surface area contributed by atoms with Crippen LogP contribution in [0.2, 0.25) is 0 Å². The summed E-state index contributed by atoms with van der Waals surface area (Å²) in [7, 11) is 0. The second-order valence-electron chi connectivity index (χ2n) is 6.93. The van der Waals surface area contributed by atoms with Crippen LogP contribution in [-0.4, -0.2) is 52.9 Å². The SMILES string of the molecule is O=C(NCc1csc(-c2ccccc2)n1)N1CCN(C(=O)c2ccccc2F)CC1. The maximum Gasteiger partial charge on any atom is 0.317 e. The molecule has 1 aliphatic heterocycles. The summed E-state index contributed by atoms with van der Waals surface area (Å²) in [4.78, 5) is 32.8. The predicted octanol–water partition coefficient (Wildman–Crippen LogP) is 3.62. The summed E-state index contributed by atoms with van der Waals surface area (Å²) in [5, 5.41) is 5.74. The standard InChI is InChI=1S/C22H21FN4O2S/c23-19-9-5-4-8-18(19)21(28)26-10-12-27(13-11-26)22(29)24-14-17-15-30-20(25-17)16-6-2-1-3-7-16/h1-9,15H,10-14H2,(H,24,29). The maximum absolute atomic E-state index is 13.8. The topological polar surface area (TPSA) is 65.5 Å². The van der Waals surface area contributed by atoms with Crippen LogP contribution in [0.1, 0.15) is 16.1 Å². The van der Waals surface area contributed by atoms with Crippen molar-refractivity contribution in [3.8, 4) is 10.6 Å². The first-order chi connectivity index (χ1) is 14.6. The van der Waals surface area contributed by atoms with Crippen LogP contribution >= 0.6 is 11.3 Å². The number of carbonyl (C=O) groups excluding carboxylic acids is 2. The molecule has 8 heteroatoms. The summed E-state index contributed by atoms with van der Waals surface area (Å²) < 4.78 is 13.8. The molecule has 1 N–H and O–H groups in total. The van der Waals surface area contributed by atoms with Crippen molar-refractivity contribution >= 4 is 23.3 Å². The molecule has 30 heavy (non-hydrogen) atoms. The Bertz CT molecular complexity index is 1030. The lowest BCUT2D eigenvalue weighted by Crippen LogP contribution is -2.53. The Morgan fingerprint density at radius 2 is 1.63 bits per heavy atom. The minimum Gasteiger partial charge on any atom is -0.335 e. The van der Waals surface area contributed by atoms with Gasteiger partial charge < -0.3 is 15.1 Å². The van der Waals surface area contributed by atoms with E-state index in [1.54, 1.807) is 33.3 Å². The third-order valence-corrected chi connectivity index (χ3v) is 5.89. The molecule has 2 aromatic carbocycles. The Hall–Kier alpha value is -3.26. The number of hydrogen-bond donors (Lipinski definition) is 1. The van der Waals surface area contributed by atoms with Crippen LogP contribution in [0.4, 0.5) is 9.18 Å². The van der Waals surface area contributed by atoms with Crippen LogP contribution in [0, 0.1) is 5.82 Å². The molecule has 0 aliphatic carbocycles. The lowest BCUT2D eigenvalue weighted by atomic mass is 10.1. The molecule has 4 rings (SSSR count). The van der Waals surface area contributed by atoms with Gasteiger partial charge in [-0.1, -0.05) is 42.5 Å². The lowest BCUT2D eigenvalue weighted by molar-refractivity contribution is 0.0660. The first kappa shape index (κ1) is 20.0. The highest BCUT2D eigenvalue weighted by atomic mass is 32.1. The minimum absolute atomic E-state index is 0.0631. The molecule has 3 amide bonds. The van der Waals surface area contributed by atoms with Gasteiger partial charge in [-0.25, -0.2) is 14.2 Å². The van der Waals surface area contributed by atoms with Gasteiger partial charge in [-0.05, 0) is 12.1 Å². The number of aromatic nitrogens is 1. The Morgan fingerprint density at radius 1 is 0.967 bits per heavy atom. The molecule has 2 heterocycles. The van der Waals surface area contributed by atoms with Crippen molar-refractivity contribution in [3.63, 3.8) is 0 Å². The van der Waals surface area contributed by atoms with Gasteiger partial charge in [0.1, 0.15) is 10.8 Å². The zero-order valence-electron chi connectivity index (χ0n) is 16.3. The van der Waals surface area contributed by atoms with Gasteiger partial charge >= 0.3 is 6.03 Å². The van der Waals surface area contributed by atoms with E-state index in [4.69, 9.17) is 0 Å². The van der Waals surface area contributed by atoms with E-state index in [9.17, 15) is 14.0 Å². The summed E-state index contributed by atoms with van der Waals surface area (Å²) in [5.74, 6) is -0.870. The number of nitrogens with one attached hydrogen (secondary N) is 1. The Balaban J connectivity index is 1.27. The average Bonchev–Trinajstić information content (AvgIpc) is 3.27. The molecule has 0 unspecified atom stereocenters. The monoisotopic (exact) mass is 424 g/mol. The molecular formula is C22H21FN4O2S. The molecule has 1 fully saturated rings. The summed E-state index contributed by atoms with van der Waals surface area (Å²) >= 11 is 1.54. The van der Waals surface area contributed by atoms with Crippen molar-refractivity contribution in [2.24, 2.45) is 0 Å². The number of thiazole rings is 1. The van der Waals surface area contributed by atoms with Crippen molar-refractivity contribution in [2.45, 2.75) is 6.54 Å². The van der Waals surface area contributed by atoms with Gasteiger partial charge in [-0.15, -0.1) is 11.3 Å². The number of urea groups is 1. The van der Waals surface area contributed by atoms with Crippen LogP contribution in [0.15, 0.2) is 60.0 Å². The Kier molecular flexibility index (Phi) is 6.04. The number of benzene rings is 2. The molecule has 6 nitrogen and oxygen atoms in total. The molecule has 0 bridgehead atoms. The van der Waals surface area contributed by atoms with Crippen LogP contribution in [0.3, 0.4) is 0 Å². The Labute approximate surface area is 178 Å². The second kappa shape index (κ2) is 9.04. The van der Waals surface area contributed by atoms with E-state index in [-0.39, 0.29) is 17.5 Å². The molecule has 0 atom stereocenters. The minimum atomic E-state index is -0.527. The molecular weight excluding hydrogens is 403 g/mol. The number of piperazine rings is 1. The van der Waals surface area contributed by atoms with E-state index >= 15 is 0 Å². The van der Waals surface area contributed by atoms with Crippen LogP contribution in [0.5, 0.6) is 0 Å². The smallest absolute Gasteiger partial charge is 0.317 e. The summed E-state index contributed by atoms with van der Waals surface area (Å²) in [6.45, 7) is 1.89. The highest BCUT2D eigenvalue weighted by molar-refractivity contribution is 7.13. The van der Waals surface area contributed by atoms with E-state index in [0.29, 0.717) is 32.7 Å². The van der Waals surface area contributed by atoms with Crippen molar-refractivity contribution in [1.29, 1.82) is 0 Å². The van der Waals surface area contributed by atoms with Crippen molar-refractivity contribution < 1.29 is 14.0 Å². The molecule has 1 aliphatic rings. The molecule has 3 aromatic rings. The zero-order chi connectivity index (χ0) is 20.9. The number of nitrogens with zero attached hydrogens (tertiary/aromatic N) is 3. The second-order valence-corrected chi connectivity index (χ2v) is 7.79. The quantitative estimate of drug-likeness (QED) is 0.696. The van der Waals surface area contributed by atoms with Crippen LogP contribution < -0.4 is 5.32 Å². The van der Waals surface area contributed by atoms with Crippen molar-refractivity contribution in [1.82, 2.24) is 20.1 Å². The van der Waals surface area contributed by atoms with Crippen molar-refractivity contribution in [3.05, 3.63) is 77.1 Å². The van der Waals surface area contributed by atoms with E-state index in [1.165, 1.54) is 12.1 Å². The lowest BCUT2D eigenvalue weighted by Gasteiger charge is -2.34. The molecule has 1 aromatic heterocycles. The van der Waals surface area contributed by atoms with Crippen LogP contribution in [0.25, 0.3) is 10.6 Å². The average molecular weight is 425 g/mol. The number of carbonyl (C=O) groups is 2. The maximum atomic E-state index is 13.8. The van der Waals surface area contributed by atoms with Gasteiger partial charge in [-0.2, -0.15) is 0 Å². The summed E-state index contributed by atoms with van der Waals surface area (Å²) in [5.41, 5.74) is 1.92. The fourth-order valence-electron chi connectivity index (χ4n) is 3.30. The first-order valence-electron chi connectivity index (χ1n) is 9.68. The number of hydrogen-bond acceptors (Lipinski definition) is 4. The van der Waals surface area contributed by atoms with Gasteiger partial charge in [0.25, 0.3) is 5.91 Å².